The van der Waals surface area contributed by atoms with Crippen molar-refractivity contribution in [3.05, 3.63) is 70.7 Å². The monoisotopic (exact) mass is 595 g/mol. The summed E-state index contributed by atoms with van der Waals surface area (Å²) in [6.45, 7) is 4.47. The van der Waals surface area contributed by atoms with E-state index in [1.807, 2.05) is 68.4 Å². The summed E-state index contributed by atoms with van der Waals surface area (Å²) >= 11 is 6.44. The Morgan fingerprint density at radius 3 is 2.43 bits per heavy atom. The molecule has 3 amide bonds. The van der Waals surface area contributed by atoms with Gasteiger partial charge in [-0.15, -0.1) is 0 Å². The molecule has 4 atom stereocenters. The van der Waals surface area contributed by atoms with E-state index in [0.717, 1.165) is 43.2 Å². The summed E-state index contributed by atoms with van der Waals surface area (Å²) in [5.41, 5.74) is 1.41. The van der Waals surface area contributed by atoms with Crippen LogP contribution in [0.5, 0.6) is 0 Å². The minimum atomic E-state index is -0.915. The zero-order valence-corrected chi connectivity index (χ0v) is 25.2. The zero-order valence-electron chi connectivity index (χ0n) is 24.4. The molecule has 4 rings (SSSR count). The number of nitrogens with one attached hydrogen (secondary N) is 3. The average Bonchev–Trinajstić information content (AvgIpc) is 3.39. The maximum atomic E-state index is 13.6. The van der Waals surface area contributed by atoms with Crippen molar-refractivity contribution in [3.8, 4) is 0 Å². The highest BCUT2D eigenvalue weighted by Gasteiger charge is 2.45. The molecule has 2 fully saturated rings. The predicted molar refractivity (Wildman–Crippen MR) is 162 cm³/mol. The quantitative estimate of drug-likeness (QED) is 0.275. The van der Waals surface area contributed by atoms with E-state index in [-0.39, 0.29) is 24.2 Å². The number of aldehydes is 1. The summed E-state index contributed by atoms with van der Waals surface area (Å²) in [4.78, 5) is 50.8. The molecule has 42 heavy (non-hydrogen) atoms. The molecule has 3 N–H and O–H groups in total. The molecule has 2 aliphatic rings. The normalized spacial score (nSPS) is 20.2. The van der Waals surface area contributed by atoms with Gasteiger partial charge in [0.05, 0.1) is 6.04 Å². The van der Waals surface area contributed by atoms with Crippen LogP contribution in [0.2, 0.25) is 5.02 Å². The van der Waals surface area contributed by atoms with Gasteiger partial charge in [0.25, 0.3) is 0 Å². The highest BCUT2D eigenvalue weighted by Crippen LogP contribution is 2.50. The second-order valence-electron chi connectivity index (χ2n) is 12.0. The second kappa shape index (κ2) is 14.7. The number of hydrogen-bond donors (Lipinski definition) is 3. The molecule has 1 saturated carbocycles. The Bertz CT molecular complexity index is 1230. The van der Waals surface area contributed by atoms with Gasteiger partial charge in [-0.25, -0.2) is 4.79 Å². The van der Waals surface area contributed by atoms with Crippen molar-refractivity contribution < 1.29 is 23.9 Å². The fraction of sp³-hybridized carbons (Fsp3) is 0.515. The van der Waals surface area contributed by atoms with Crippen LogP contribution in [0.1, 0.15) is 82.4 Å². The lowest BCUT2D eigenvalue weighted by Crippen LogP contribution is -2.52. The van der Waals surface area contributed by atoms with Crippen LogP contribution in [0.15, 0.2) is 54.6 Å². The average molecular weight is 596 g/mol. The Hall–Kier alpha value is -3.39. The maximum Gasteiger partial charge on any atom is 0.408 e. The molecule has 1 saturated heterocycles. The first-order chi connectivity index (χ1) is 20.2. The fourth-order valence-electron chi connectivity index (χ4n) is 6.41. The minimum absolute atomic E-state index is 0.0809. The standard InChI is InChI=1S/C33H42ClN3O5/c1-22(2)18-28(31(40)36-27(21-38)19-24-14-17-35-30(24)39)37-32(41)42-29(23-10-5-3-6-11-23)33(15-7-4-8-16-33)25-12-9-13-26(34)20-25/h3,5-6,9-13,20-22,24,27-29H,4,7-8,14-19H2,1-2H3,(H,35,39)(H,36,40)(H,37,41). The lowest BCUT2D eigenvalue weighted by Gasteiger charge is -2.44. The van der Waals surface area contributed by atoms with Crippen molar-refractivity contribution in [3.63, 3.8) is 0 Å². The van der Waals surface area contributed by atoms with Gasteiger partial charge in [0.2, 0.25) is 11.8 Å². The Morgan fingerprint density at radius 2 is 1.81 bits per heavy atom. The van der Waals surface area contributed by atoms with Crippen LogP contribution in [0.4, 0.5) is 4.79 Å². The molecule has 0 radical (unpaired) electrons. The maximum absolute atomic E-state index is 13.6. The van der Waals surface area contributed by atoms with Gasteiger partial charge in [0.15, 0.2) is 0 Å². The van der Waals surface area contributed by atoms with Gasteiger partial charge in [-0.1, -0.05) is 87.2 Å². The van der Waals surface area contributed by atoms with Crippen LogP contribution in [0.3, 0.4) is 0 Å². The Balaban J connectivity index is 1.56. The SMILES string of the molecule is CC(C)CC(NC(=O)OC(c1ccccc1)C1(c2cccc(Cl)c2)CCCCC1)C(=O)NC(C=O)CC1CCNC1=O. The van der Waals surface area contributed by atoms with Gasteiger partial charge < -0.3 is 25.5 Å². The van der Waals surface area contributed by atoms with E-state index >= 15 is 0 Å². The number of carbonyl (C=O) groups excluding carboxylic acids is 4. The molecule has 0 spiro atoms. The summed E-state index contributed by atoms with van der Waals surface area (Å²) in [5, 5.41) is 8.93. The van der Waals surface area contributed by atoms with Crippen LogP contribution < -0.4 is 16.0 Å². The van der Waals surface area contributed by atoms with Gasteiger partial charge in [-0.05, 0) is 61.3 Å². The Kier molecular flexibility index (Phi) is 11.0. The van der Waals surface area contributed by atoms with Crippen molar-refractivity contribution in [2.45, 2.75) is 88.8 Å². The summed E-state index contributed by atoms with van der Waals surface area (Å²) in [5.74, 6) is -0.835. The Labute approximate surface area is 253 Å². The van der Waals surface area contributed by atoms with E-state index in [2.05, 4.69) is 16.0 Å². The molecular weight excluding hydrogens is 554 g/mol. The summed E-state index contributed by atoms with van der Waals surface area (Å²) < 4.78 is 6.29. The van der Waals surface area contributed by atoms with Crippen LogP contribution in [0, 0.1) is 11.8 Å². The first kappa shape index (κ1) is 31.5. The van der Waals surface area contributed by atoms with Gasteiger partial charge in [-0.2, -0.15) is 0 Å². The van der Waals surface area contributed by atoms with Crippen LogP contribution in [-0.4, -0.2) is 42.8 Å². The highest BCUT2D eigenvalue weighted by molar-refractivity contribution is 6.30. The van der Waals surface area contributed by atoms with E-state index in [4.69, 9.17) is 16.3 Å². The van der Waals surface area contributed by atoms with E-state index in [0.29, 0.717) is 30.7 Å². The first-order valence-electron chi connectivity index (χ1n) is 15.0. The lowest BCUT2D eigenvalue weighted by molar-refractivity contribution is -0.127. The zero-order chi connectivity index (χ0) is 30.1. The van der Waals surface area contributed by atoms with Crippen molar-refractivity contribution in [1.29, 1.82) is 0 Å². The number of rotatable bonds is 12. The van der Waals surface area contributed by atoms with Gasteiger partial charge in [0.1, 0.15) is 18.4 Å². The molecular formula is C33H42ClN3O5. The third-order valence-corrected chi connectivity index (χ3v) is 8.72. The number of carbonyl (C=O) groups is 4. The molecule has 4 unspecified atom stereocenters. The van der Waals surface area contributed by atoms with E-state index < -0.39 is 35.6 Å². The van der Waals surface area contributed by atoms with Gasteiger partial charge in [-0.3, -0.25) is 9.59 Å². The molecule has 2 aromatic rings. The van der Waals surface area contributed by atoms with Crippen molar-refractivity contribution in [2.75, 3.05) is 6.54 Å². The van der Waals surface area contributed by atoms with E-state index in [9.17, 15) is 19.2 Å². The minimum Gasteiger partial charge on any atom is -0.440 e. The lowest BCUT2D eigenvalue weighted by atomic mass is 9.64. The molecule has 2 aromatic carbocycles. The highest BCUT2D eigenvalue weighted by atomic mass is 35.5. The number of halogens is 1. The molecule has 226 valence electrons. The Morgan fingerprint density at radius 1 is 1.07 bits per heavy atom. The molecule has 0 aromatic heterocycles. The summed E-state index contributed by atoms with van der Waals surface area (Å²) in [6, 6.07) is 15.7. The second-order valence-corrected chi connectivity index (χ2v) is 12.4. The molecule has 8 nitrogen and oxygen atoms in total. The van der Waals surface area contributed by atoms with Gasteiger partial charge in [0, 0.05) is 22.9 Å². The molecule has 0 bridgehead atoms. The first-order valence-corrected chi connectivity index (χ1v) is 15.4. The van der Waals surface area contributed by atoms with E-state index in [1.54, 1.807) is 0 Å². The number of amides is 3. The molecule has 1 aliphatic carbocycles. The number of benzene rings is 2. The van der Waals surface area contributed by atoms with Crippen LogP contribution >= 0.6 is 11.6 Å². The van der Waals surface area contributed by atoms with Crippen molar-refractivity contribution in [2.24, 2.45) is 11.8 Å². The van der Waals surface area contributed by atoms with Crippen molar-refractivity contribution in [1.82, 2.24) is 16.0 Å². The topological polar surface area (TPSA) is 114 Å². The summed E-state index contributed by atoms with van der Waals surface area (Å²) in [7, 11) is 0. The third kappa shape index (κ3) is 7.91. The molecule has 1 aliphatic heterocycles. The van der Waals surface area contributed by atoms with Gasteiger partial charge >= 0.3 is 6.09 Å². The third-order valence-electron chi connectivity index (χ3n) is 8.48. The molecule has 9 heteroatoms. The number of alkyl carbamates (subject to hydrolysis) is 1. The van der Waals surface area contributed by atoms with Crippen LogP contribution in [0.25, 0.3) is 0 Å². The van der Waals surface area contributed by atoms with E-state index in [1.165, 1.54) is 0 Å². The van der Waals surface area contributed by atoms with Crippen molar-refractivity contribution >= 4 is 35.8 Å². The van der Waals surface area contributed by atoms with Crippen LogP contribution in [-0.2, 0) is 24.5 Å². The predicted octanol–water partition coefficient (Wildman–Crippen LogP) is 5.63. The number of hydrogen-bond acceptors (Lipinski definition) is 5. The summed E-state index contributed by atoms with van der Waals surface area (Å²) in [6.07, 6.45) is 5.27. The largest absolute Gasteiger partial charge is 0.440 e. The smallest absolute Gasteiger partial charge is 0.408 e. The molecule has 1 heterocycles. The fourth-order valence-corrected chi connectivity index (χ4v) is 6.60. The number of ether oxygens (including phenoxy) is 1.